The number of halogens is 2. The van der Waals surface area contributed by atoms with Crippen LogP contribution in [0.15, 0.2) is 42.6 Å². The van der Waals surface area contributed by atoms with E-state index in [1.54, 1.807) is 36.5 Å². The molecule has 1 saturated heterocycles. The maximum Gasteiger partial charge on any atom is 0.248 e. The van der Waals surface area contributed by atoms with Crippen LogP contribution in [0.3, 0.4) is 0 Å². The van der Waals surface area contributed by atoms with Gasteiger partial charge in [0.05, 0.1) is 27.8 Å². The summed E-state index contributed by atoms with van der Waals surface area (Å²) in [5.74, 6) is 0.0477. The highest BCUT2D eigenvalue weighted by atomic mass is 35.5. The summed E-state index contributed by atoms with van der Waals surface area (Å²) in [6.07, 6.45) is 6.36. The second-order valence-electron chi connectivity index (χ2n) is 6.59. The Balaban J connectivity index is 1.59. The molecule has 1 aliphatic rings. The number of hydrogen-bond donors (Lipinski definition) is 2. The number of aromatic nitrogens is 1. The number of benzene rings is 1. The van der Waals surface area contributed by atoms with Gasteiger partial charge in [-0.15, -0.1) is 0 Å². The van der Waals surface area contributed by atoms with Gasteiger partial charge in [-0.2, -0.15) is 0 Å². The van der Waals surface area contributed by atoms with E-state index >= 15 is 0 Å². The van der Waals surface area contributed by atoms with Crippen LogP contribution in [0.2, 0.25) is 10.0 Å². The molecule has 2 aromatic rings. The molecule has 0 bridgehead atoms. The van der Waals surface area contributed by atoms with Crippen LogP contribution >= 0.6 is 23.2 Å². The van der Waals surface area contributed by atoms with Crippen molar-refractivity contribution in [1.29, 1.82) is 0 Å². The molecule has 2 heterocycles. The van der Waals surface area contributed by atoms with Crippen molar-refractivity contribution < 1.29 is 9.59 Å². The zero-order chi connectivity index (χ0) is 20.1. The average molecular weight is 419 g/mol. The standard InChI is InChI=1S/C20H20Cl2N4O2/c21-16-6-3-13(10-17(16)22)4-8-19(27)25-15-5-7-18(24-11-15)26-9-1-2-14(12-26)20(23)28/h3-8,10-11,14H,1-2,9,12H2,(H2,23,28)(H,25,27)/b8-4+. The number of amides is 2. The Morgan fingerprint density at radius 2 is 2.04 bits per heavy atom. The number of carbonyl (C=O) groups excluding carboxylic acids is 2. The van der Waals surface area contributed by atoms with Gasteiger partial charge in [0.2, 0.25) is 11.8 Å². The maximum atomic E-state index is 12.1. The van der Waals surface area contributed by atoms with Crippen LogP contribution in [0, 0.1) is 5.92 Å². The Kier molecular flexibility index (Phi) is 6.54. The topological polar surface area (TPSA) is 88.3 Å². The summed E-state index contributed by atoms with van der Waals surface area (Å²) in [4.78, 5) is 29.9. The van der Waals surface area contributed by atoms with E-state index in [-0.39, 0.29) is 17.7 Å². The van der Waals surface area contributed by atoms with Gasteiger partial charge in [0.1, 0.15) is 5.82 Å². The predicted molar refractivity (Wildman–Crippen MR) is 112 cm³/mol. The minimum absolute atomic E-state index is 0.151. The summed E-state index contributed by atoms with van der Waals surface area (Å²) < 4.78 is 0. The Labute approximate surface area is 173 Å². The molecule has 3 rings (SSSR count). The molecular formula is C20H20Cl2N4O2. The number of pyridine rings is 1. The molecule has 3 N–H and O–H groups in total. The third-order valence-electron chi connectivity index (χ3n) is 4.53. The van der Waals surface area contributed by atoms with E-state index in [1.165, 1.54) is 6.08 Å². The molecule has 1 aliphatic heterocycles. The van der Waals surface area contributed by atoms with Crippen LogP contribution in [0.4, 0.5) is 11.5 Å². The first kappa shape index (κ1) is 20.2. The molecule has 2 amide bonds. The lowest BCUT2D eigenvalue weighted by Crippen LogP contribution is -2.41. The van der Waals surface area contributed by atoms with Gasteiger partial charge in [-0.05, 0) is 48.7 Å². The number of nitrogens with zero attached hydrogens (tertiary/aromatic N) is 2. The Morgan fingerprint density at radius 3 is 2.71 bits per heavy atom. The van der Waals surface area contributed by atoms with Crippen molar-refractivity contribution in [3.05, 3.63) is 58.2 Å². The summed E-state index contributed by atoms with van der Waals surface area (Å²) in [5, 5.41) is 3.65. The molecule has 1 aromatic carbocycles. The van der Waals surface area contributed by atoms with Crippen molar-refractivity contribution in [2.45, 2.75) is 12.8 Å². The maximum absolute atomic E-state index is 12.1. The lowest BCUT2D eigenvalue weighted by Gasteiger charge is -2.32. The van der Waals surface area contributed by atoms with Gasteiger partial charge in [-0.25, -0.2) is 4.98 Å². The summed E-state index contributed by atoms with van der Waals surface area (Å²) in [6.45, 7) is 1.40. The van der Waals surface area contributed by atoms with Gasteiger partial charge in [0.25, 0.3) is 0 Å². The van der Waals surface area contributed by atoms with E-state index in [0.717, 1.165) is 30.8 Å². The van der Waals surface area contributed by atoms with Crippen molar-refractivity contribution >= 4 is 52.6 Å². The number of hydrogen-bond acceptors (Lipinski definition) is 4. The van der Waals surface area contributed by atoms with E-state index in [2.05, 4.69) is 10.3 Å². The van der Waals surface area contributed by atoms with Crippen molar-refractivity contribution in [2.24, 2.45) is 11.7 Å². The summed E-state index contributed by atoms with van der Waals surface area (Å²) >= 11 is 11.8. The first-order valence-electron chi connectivity index (χ1n) is 8.87. The Morgan fingerprint density at radius 1 is 1.21 bits per heavy atom. The summed E-state index contributed by atoms with van der Waals surface area (Å²) in [5.41, 5.74) is 6.77. The third kappa shape index (κ3) is 5.24. The third-order valence-corrected chi connectivity index (χ3v) is 5.27. The minimum Gasteiger partial charge on any atom is -0.369 e. The Hall–Kier alpha value is -2.57. The molecule has 0 radical (unpaired) electrons. The molecule has 1 fully saturated rings. The first-order valence-corrected chi connectivity index (χ1v) is 9.62. The zero-order valence-electron chi connectivity index (χ0n) is 15.1. The van der Waals surface area contributed by atoms with Gasteiger partial charge in [-0.3, -0.25) is 9.59 Å². The van der Waals surface area contributed by atoms with Crippen molar-refractivity contribution in [1.82, 2.24) is 4.98 Å². The smallest absolute Gasteiger partial charge is 0.248 e. The van der Waals surface area contributed by atoms with Crippen LogP contribution in [0.1, 0.15) is 18.4 Å². The zero-order valence-corrected chi connectivity index (χ0v) is 16.6. The van der Waals surface area contributed by atoms with Crippen LogP contribution in [0.5, 0.6) is 0 Å². The number of nitrogens with two attached hydrogens (primary N) is 1. The molecule has 0 aliphatic carbocycles. The molecule has 0 saturated carbocycles. The normalized spacial score (nSPS) is 16.9. The fourth-order valence-corrected chi connectivity index (χ4v) is 3.34. The molecule has 1 atom stereocenters. The predicted octanol–water partition coefficient (Wildman–Crippen LogP) is 3.74. The number of carbonyl (C=O) groups is 2. The van der Waals surface area contributed by atoms with Gasteiger partial charge in [0, 0.05) is 19.2 Å². The van der Waals surface area contributed by atoms with E-state index in [0.29, 0.717) is 22.3 Å². The molecule has 8 heteroatoms. The molecule has 1 unspecified atom stereocenters. The van der Waals surface area contributed by atoms with E-state index < -0.39 is 0 Å². The molecular weight excluding hydrogens is 399 g/mol. The largest absolute Gasteiger partial charge is 0.369 e. The van der Waals surface area contributed by atoms with E-state index in [4.69, 9.17) is 28.9 Å². The fraction of sp³-hybridized carbons (Fsp3) is 0.250. The second kappa shape index (κ2) is 9.08. The van der Waals surface area contributed by atoms with Crippen molar-refractivity contribution in [3.63, 3.8) is 0 Å². The van der Waals surface area contributed by atoms with Gasteiger partial charge < -0.3 is 16.0 Å². The number of nitrogens with one attached hydrogen (secondary N) is 1. The monoisotopic (exact) mass is 418 g/mol. The highest BCUT2D eigenvalue weighted by molar-refractivity contribution is 6.42. The van der Waals surface area contributed by atoms with Crippen LogP contribution < -0.4 is 16.0 Å². The highest BCUT2D eigenvalue weighted by Gasteiger charge is 2.24. The van der Waals surface area contributed by atoms with Gasteiger partial charge in [0.15, 0.2) is 0 Å². The summed E-state index contributed by atoms with van der Waals surface area (Å²) in [7, 11) is 0. The first-order chi connectivity index (χ1) is 13.4. The number of primary amides is 1. The van der Waals surface area contributed by atoms with Crippen LogP contribution in [0.25, 0.3) is 6.08 Å². The summed E-state index contributed by atoms with van der Waals surface area (Å²) in [6, 6.07) is 8.73. The average Bonchev–Trinajstić information content (AvgIpc) is 2.69. The minimum atomic E-state index is -0.285. The van der Waals surface area contributed by atoms with Crippen molar-refractivity contribution in [2.75, 3.05) is 23.3 Å². The molecule has 0 spiro atoms. The molecule has 1 aromatic heterocycles. The van der Waals surface area contributed by atoms with Gasteiger partial charge >= 0.3 is 0 Å². The quantitative estimate of drug-likeness (QED) is 0.723. The van der Waals surface area contributed by atoms with E-state index in [9.17, 15) is 9.59 Å². The van der Waals surface area contributed by atoms with Crippen molar-refractivity contribution in [3.8, 4) is 0 Å². The lowest BCUT2D eigenvalue weighted by atomic mass is 9.97. The highest BCUT2D eigenvalue weighted by Crippen LogP contribution is 2.24. The van der Waals surface area contributed by atoms with E-state index in [1.807, 2.05) is 11.0 Å². The van der Waals surface area contributed by atoms with Crippen LogP contribution in [-0.4, -0.2) is 29.9 Å². The number of rotatable bonds is 5. The number of anilines is 2. The number of piperidine rings is 1. The lowest BCUT2D eigenvalue weighted by molar-refractivity contribution is -0.122. The van der Waals surface area contributed by atoms with Crippen LogP contribution in [-0.2, 0) is 9.59 Å². The second-order valence-corrected chi connectivity index (χ2v) is 7.40. The molecule has 6 nitrogen and oxygen atoms in total. The fourth-order valence-electron chi connectivity index (χ4n) is 3.04. The molecule has 28 heavy (non-hydrogen) atoms. The molecule has 146 valence electrons. The SMILES string of the molecule is NC(=O)C1CCCN(c2ccc(NC(=O)/C=C/c3ccc(Cl)c(Cl)c3)cn2)C1. The van der Waals surface area contributed by atoms with Gasteiger partial charge in [-0.1, -0.05) is 29.3 Å². The Bertz CT molecular complexity index is 900.